The first kappa shape index (κ1) is 27.4. The quantitative estimate of drug-likeness (QED) is 0.106. The number of allylic oxidation sites excluding steroid dienone is 5. The molecule has 4 aromatic heterocycles. The summed E-state index contributed by atoms with van der Waals surface area (Å²) in [6.45, 7) is 10.2. The van der Waals surface area contributed by atoms with Crippen LogP contribution in [0.4, 0.5) is 10.1 Å². The molecule has 5 N–H and O–H groups in total. The van der Waals surface area contributed by atoms with Crippen LogP contribution in [0.2, 0.25) is 0 Å². The van der Waals surface area contributed by atoms with E-state index in [1.165, 1.54) is 17.7 Å². The molecule has 6 rings (SSSR count). The Kier molecular flexibility index (Phi) is 7.41. The lowest BCUT2D eigenvalue weighted by Crippen LogP contribution is -2.12. The minimum Gasteiger partial charge on any atom is -0.399 e. The maximum Gasteiger partial charge on any atom is 0.181 e. The van der Waals surface area contributed by atoms with Crippen molar-refractivity contribution in [1.29, 1.82) is 0 Å². The van der Waals surface area contributed by atoms with Crippen molar-refractivity contribution >= 4 is 33.2 Å². The predicted molar refractivity (Wildman–Crippen MR) is 173 cm³/mol. The molecule has 6 aromatic rings. The molecule has 0 atom stereocenters. The average molecular weight is 568 g/mol. The molecular weight excluding hydrogens is 537 g/mol. The number of nitrogens with zero attached hydrogens (tertiary/aromatic N) is 3. The summed E-state index contributed by atoms with van der Waals surface area (Å²) >= 11 is 0. The fraction of sp³-hybridized carbons (Fsp3) is 0.0571. The van der Waals surface area contributed by atoms with E-state index in [1.807, 2.05) is 43.3 Å². The molecule has 0 aliphatic rings. The highest BCUT2D eigenvalue weighted by atomic mass is 19.1. The zero-order valence-corrected chi connectivity index (χ0v) is 23.7. The predicted octanol–water partition coefficient (Wildman–Crippen LogP) is 7.71. The first-order valence-electron chi connectivity index (χ1n) is 13.8. The highest BCUT2D eigenvalue weighted by Gasteiger charge is 2.16. The Morgan fingerprint density at radius 1 is 1.05 bits per heavy atom. The van der Waals surface area contributed by atoms with Crippen molar-refractivity contribution in [1.82, 2.24) is 30.5 Å². The summed E-state index contributed by atoms with van der Waals surface area (Å²) < 4.78 is 14.2. The van der Waals surface area contributed by atoms with Crippen LogP contribution in [0.15, 0.2) is 122 Å². The molecule has 0 bridgehead atoms. The lowest BCUT2D eigenvalue weighted by atomic mass is 10.0. The number of rotatable bonds is 9. The van der Waals surface area contributed by atoms with Gasteiger partial charge in [0.2, 0.25) is 0 Å². The molecule has 0 unspecified atom stereocenters. The number of hydrogen-bond acceptors (Lipinski definition) is 5. The third kappa shape index (κ3) is 5.71. The van der Waals surface area contributed by atoms with Gasteiger partial charge in [0, 0.05) is 57.8 Å². The van der Waals surface area contributed by atoms with Gasteiger partial charge in [0.25, 0.3) is 0 Å². The number of nitrogen functional groups attached to an aromatic ring is 1. The van der Waals surface area contributed by atoms with Crippen molar-refractivity contribution in [2.24, 2.45) is 0 Å². The summed E-state index contributed by atoms with van der Waals surface area (Å²) in [5.41, 5.74) is 15.4. The van der Waals surface area contributed by atoms with Crippen molar-refractivity contribution in [2.45, 2.75) is 13.3 Å². The third-order valence-corrected chi connectivity index (χ3v) is 7.21. The van der Waals surface area contributed by atoms with Crippen LogP contribution in [0.3, 0.4) is 0 Å². The van der Waals surface area contributed by atoms with E-state index in [0.29, 0.717) is 23.3 Å². The number of fused-ring (bicyclic) bond motifs is 2. The van der Waals surface area contributed by atoms with Gasteiger partial charge in [-0.3, -0.25) is 10.1 Å². The Bertz CT molecular complexity index is 2030. The highest BCUT2D eigenvalue weighted by molar-refractivity contribution is 6.00. The Morgan fingerprint density at radius 3 is 2.65 bits per heavy atom. The molecule has 212 valence electrons. The standard InChI is InChI=1S/C35H30FN7/c1-4-23(14-28(5-2)40-21(3)11-22-9-7-6-8-10-22)25-15-30-34(42-43-35(30)39-18-25)32-17-29-31(19-38-20-33(29)41-32)24-12-26(36)16-27(37)13-24/h4-10,12-20,40-41H,2-3,11,37H2,1H3,(H,39,42,43)/b23-4+,28-14+. The molecule has 0 fully saturated rings. The Morgan fingerprint density at radius 2 is 1.88 bits per heavy atom. The molecule has 0 aliphatic heterocycles. The number of H-pyrrole nitrogens is 2. The van der Waals surface area contributed by atoms with Gasteiger partial charge in [0.1, 0.15) is 5.82 Å². The summed E-state index contributed by atoms with van der Waals surface area (Å²) in [7, 11) is 0. The number of halogens is 1. The van der Waals surface area contributed by atoms with Crippen molar-refractivity contribution in [3.63, 3.8) is 0 Å². The van der Waals surface area contributed by atoms with Gasteiger partial charge in [0.05, 0.1) is 23.1 Å². The molecule has 0 saturated heterocycles. The van der Waals surface area contributed by atoms with Gasteiger partial charge < -0.3 is 16.0 Å². The fourth-order valence-corrected chi connectivity index (χ4v) is 5.18. The van der Waals surface area contributed by atoms with Crippen LogP contribution in [0.5, 0.6) is 0 Å². The fourth-order valence-electron chi connectivity index (χ4n) is 5.18. The molecule has 0 aliphatic carbocycles. The van der Waals surface area contributed by atoms with E-state index in [4.69, 9.17) is 5.73 Å². The monoisotopic (exact) mass is 567 g/mol. The summed E-state index contributed by atoms with van der Waals surface area (Å²) in [6, 6.07) is 18.7. The summed E-state index contributed by atoms with van der Waals surface area (Å²) in [4.78, 5) is 12.4. The summed E-state index contributed by atoms with van der Waals surface area (Å²) in [5, 5.41) is 12.7. The minimum atomic E-state index is -0.398. The first-order valence-corrected chi connectivity index (χ1v) is 13.8. The molecular formula is C35H30FN7. The molecule has 2 aromatic carbocycles. The van der Waals surface area contributed by atoms with E-state index in [9.17, 15) is 4.39 Å². The van der Waals surface area contributed by atoms with Crippen LogP contribution in [0.25, 0.3) is 50.0 Å². The maximum absolute atomic E-state index is 14.2. The van der Waals surface area contributed by atoms with E-state index >= 15 is 0 Å². The number of benzene rings is 2. The molecule has 0 saturated carbocycles. The van der Waals surface area contributed by atoms with Crippen molar-refractivity contribution in [3.8, 4) is 22.5 Å². The second-order valence-electron chi connectivity index (χ2n) is 10.2. The Balaban J connectivity index is 1.33. The molecule has 4 heterocycles. The number of pyridine rings is 2. The first-order chi connectivity index (χ1) is 20.9. The van der Waals surface area contributed by atoms with E-state index in [1.54, 1.807) is 30.7 Å². The molecule has 7 nitrogen and oxygen atoms in total. The second-order valence-corrected chi connectivity index (χ2v) is 10.2. The summed E-state index contributed by atoms with van der Waals surface area (Å²) in [6.07, 6.45) is 11.8. The van der Waals surface area contributed by atoms with Gasteiger partial charge in [-0.05, 0) is 66.1 Å². The molecule has 0 amide bonds. The summed E-state index contributed by atoms with van der Waals surface area (Å²) in [5.74, 6) is -0.398. The zero-order valence-electron chi connectivity index (χ0n) is 23.7. The second kappa shape index (κ2) is 11.6. The van der Waals surface area contributed by atoms with E-state index in [2.05, 4.69) is 61.8 Å². The van der Waals surface area contributed by atoms with Crippen molar-refractivity contribution < 1.29 is 4.39 Å². The maximum atomic E-state index is 14.2. The van der Waals surface area contributed by atoms with Crippen LogP contribution in [0.1, 0.15) is 18.1 Å². The van der Waals surface area contributed by atoms with Crippen LogP contribution in [0, 0.1) is 5.82 Å². The van der Waals surface area contributed by atoms with Gasteiger partial charge in [0.15, 0.2) is 5.65 Å². The Hall–Kier alpha value is -5.76. The number of hydrogen-bond donors (Lipinski definition) is 4. The molecule has 0 spiro atoms. The van der Waals surface area contributed by atoms with Gasteiger partial charge in [-0.1, -0.05) is 49.6 Å². The third-order valence-electron chi connectivity index (χ3n) is 7.21. The van der Waals surface area contributed by atoms with E-state index in [-0.39, 0.29) is 0 Å². The van der Waals surface area contributed by atoms with Crippen molar-refractivity contribution in [3.05, 3.63) is 139 Å². The largest absolute Gasteiger partial charge is 0.399 e. The SMILES string of the molecule is C=C/C(=C\C(=C/C)c1cnc2n[nH]c(-c3cc4c(-c5cc(N)cc(F)c5)cncc4[nH]3)c2c1)NC(=C)Cc1ccccc1. The number of aromatic nitrogens is 5. The lowest BCUT2D eigenvalue weighted by Gasteiger charge is -2.12. The Labute approximate surface area is 248 Å². The normalized spacial score (nSPS) is 12.1. The van der Waals surface area contributed by atoms with Crippen LogP contribution in [-0.4, -0.2) is 25.1 Å². The van der Waals surface area contributed by atoms with Gasteiger partial charge in [-0.25, -0.2) is 9.37 Å². The van der Waals surface area contributed by atoms with Gasteiger partial charge in [-0.15, -0.1) is 0 Å². The number of nitrogens with one attached hydrogen (secondary N) is 3. The van der Waals surface area contributed by atoms with Crippen molar-refractivity contribution in [2.75, 3.05) is 5.73 Å². The van der Waals surface area contributed by atoms with Gasteiger partial charge >= 0.3 is 0 Å². The molecule has 8 heteroatoms. The van der Waals surface area contributed by atoms with Crippen LogP contribution in [-0.2, 0) is 6.42 Å². The van der Waals surface area contributed by atoms with E-state index in [0.717, 1.165) is 55.8 Å². The van der Waals surface area contributed by atoms with Crippen LogP contribution < -0.4 is 11.1 Å². The molecule has 43 heavy (non-hydrogen) atoms. The van der Waals surface area contributed by atoms with E-state index < -0.39 is 5.82 Å². The zero-order chi connectivity index (χ0) is 29.9. The van der Waals surface area contributed by atoms with Crippen LogP contribution >= 0.6 is 0 Å². The number of aromatic amines is 2. The average Bonchev–Trinajstić information content (AvgIpc) is 3.63. The van der Waals surface area contributed by atoms with Gasteiger partial charge in [-0.2, -0.15) is 5.10 Å². The topological polar surface area (TPSA) is 108 Å². The number of anilines is 1. The number of nitrogens with two attached hydrogens (primary N) is 1. The highest BCUT2D eigenvalue weighted by Crippen LogP contribution is 2.34. The smallest absolute Gasteiger partial charge is 0.181 e. The minimum absolute atomic E-state index is 0.352. The lowest BCUT2D eigenvalue weighted by molar-refractivity contribution is 0.629. The molecule has 0 radical (unpaired) electrons.